The molecule has 2 N–H and O–H groups in total. The lowest BCUT2D eigenvalue weighted by molar-refractivity contribution is -0.144. The number of nitrogens with one attached hydrogen (secondary N) is 1. The minimum Gasteiger partial charge on any atom is -0.478 e. The van der Waals surface area contributed by atoms with Gasteiger partial charge in [0.25, 0.3) is 5.91 Å². The Morgan fingerprint density at radius 3 is 2.27 bits per heavy atom. The Hall–Kier alpha value is -3.90. The first kappa shape index (κ1) is 27.7. The van der Waals surface area contributed by atoms with Crippen LogP contribution in [0, 0.1) is 5.82 Å². The molecule has 1 atom stereocenters. The van der Waals surface area contributed by atoms with E-state index in [0.717, 1.165) is 30.3 Å². The highest BCUT2D eigenvalue weighted by molar-refractivity contribution is 5.97. The summed E-state index contributed by atoms with van der Waals surface area (Å²) in [5.41, 5.74) is -4.32. The minimum absolute atomic E-state index is 0.0262. The molecule has 3 rings (SSSR count). The summed E-state index contributed by atoms with van der Waals surface area (Å²) < 4.78 is 96.2. The highest BCUT2D eigenvalue weighted by Gasteiger charge is 2.42. The molecule has 37 heavy (non-hydrogen) atoms. The molecular formula is C24H20F7N3O3. The Labute approximate surface area is 205 Å². The number of aromatic carboxylic acids is 1. The van der Waals surface area contributed by atoms with Crippen molar-refractivity contribution in [3.05, 3.63) is 87.5 Å². The average molecular weight is 531 g/mol. The quantitative estimate of drug-likeness (QED) is 0.374. The second-order valence-electron chi connectivity index (χ2n) is 8.10. The van der Waals surface area contributed by atoms with Crippen LogP contribution in [0.4, 0.5) is 30.7 Å². The molecule has 1 aromatic heterocycles. The molecule has 0 bridgehead atoms. The summed E-state index contributed by atoms with van der Waals surface area (Å²) in [5, 5.41) is 15.1. The van der Waals surface area contributed by atoms with Crippen LogP contribution >= 0.6 is 0 Å². The molecule has 0 spiro atoms. The number of aromatic nitrogens is 2. The first-order valence-electron chi connectivity index (χ1n) is 10.8. The van der Waals surface area contributed by atoms with Crippen molar-refractivity contribution in [3.8, 4) is 0 Å². The van der Waals surface area contributed by atoms with Crippen LogP contribution in [0.2, 0.25) is 0 Å². The molecule has 2 aromatic carbocycles. The van der Waals surface area contributed by atoms with E-state index in [4.69, 9.17) is 5.11 Å². The number of aryl methyl sites for hydroxylation is 1. The van der Waals surface area contributed by atoms with Crippen LogP contribution in [0.5, 0.6) is 0 Å². The Morgan fingerprint density at radius 2 is 1.73 bits per heavy atom. The summed E-state index contributed by atoms with van der Waals surface area (Å²) in [6.07, 6.45) is -10.2. The molecule has 0 saturated heterocycles. The van der Waals surface area contributed by atoms with Crippen molar-refractivity contribution in [1.29, 1.82) is 0 Å². The fourth-order valence-corrected chi connectivity index (χ4v) is 3.80. The molecule has 1 amide bonds. The predicted octanol–water partition coefficient (Wildman–Crippen LogP) is 5.86. The Balaban J connectivity index is 2.03. The minimum atomic E-state index is -5.04. The normalized spacial score (nSPS) is 12.9. The number of amides is 1. The highest BCUT2D eigenvalue weighted by atomic mass is 19.4. The third-order valence-electron chi connectivity index (χ3n) is 5.51. The summed E-state index contributed by atoms with van der Waals surface area (Å²) >= 11 is 0. The number of carboxylic acids is 1. The number of rotatable bonds is 7. The maximum atomic E-state index is 14.4. The van der Waals surface area contributed by atoms with Gasteiger partial charge in [0.1, 0.15) is 5.82 Å². The molecule has 0 aliphatic carbocycles. The topological polar surface area (TPSA) is 84.2 Å². The van der Waals surface area contributed by atoms with E-state index in [1.54, 1.807) is 0 Å². The first-order valence-corrected chi connectivity index (χ1v) is 10.8. The summed E-state index contributed by atoms with van der Waals surface area (Å²) in [7, 11) is 0. The third-order valence-corrected chi connectivity index (χ3v) is 5.51. The largest absolute Gasteiger partial charge is 0.478 e. The van der Waals surface area contributed by atoms with Gasteiger partial charge in [-0.3, -0.25) is 9.48 Å². The number of alkyl halides is 6. The van der Waals surface area contributed by atoms with Gasteiger partial charge in [-0.15, -0.1) is 0 Å². The fraction of sp³-hybridized carbons (Fsp3) is 0.292. The zero-order chi connectivity index (χ0) is 27.7. The van der Waals surface area contributed by atoms with Gasteiger partial charge in [0, 0.05) is 18.5 Å². The van der Waals surface area contributed by atoms with E-state index in [9.17, 15) is 40.3 Å². The second kappa shape index (κ2) is 10.2. The smallest absolute Gasteiger partial charge is 0.433 e. The van der Waals surface area contributed by atoms with Crippen molar-refractivity contribution >= 4 is 11.9 Å². The van der Waals surface area contributed by atoms with E-state index in [0.29, 0.717) is 10.7 Å². The van der Waals surface area contributed by atoms with Crippen molar-refractivity contribution < 1.29 is 45.4 Å². The van der Waals surface area contributed by atoms with Gasteiger partial charge in [-0.1, -0.05) is 24.3 Å². The van der Waals surface area contributed by atoms with Crippen LogP contribution in [-0.4, -0.2) is 26.8 Å². The first-order chi connectivity index (χ1) is 17.1. The fourth-order valence-electron chi connectivity index (χ4n) is 3.80. The molecule has 198 valence electrons. The highest BCUT2D eigenvalue weighted by Crippen LogP contribution is 2.35. The van der Waals surface area contributed by atoms with Crippen LogP contribution in [0.1, 0.15) is 68.7 Å². The molecule has 1 heterocycles. The summed E-state index contributed by atoms with van der Waals surface area (Å²) in [6, 6.07) is 5.56. The van der Waals surface area contributed by atoms with E-state index in [-0.39, 0.29) is 23.2 Å². The van der Waals surface area contributed by atoms with E-state index in [1.165, 1.54) is 19.9 Å². The average Bonchev–Trinajstić information content (AvgIpc) is 3.17. The van der Waals surface area contributed by atoms with Gasteiger partial charge in [-0.05, 0) is 37.6 Å². The summed E-state index contributed by atoms with van der Waals surface area (Å²) in [5.74, 6) is -3.68. The molecule has 0 radical (unpaired) electrons. The third kappa shape index (κ3) is 6.09. The SMILES string of the molecule is CCn1nc(Cc2cccc(C(F)(F)F)c2)c(C(=O)NC(C)c2ccc(C(=O)O)cc2F)c1C(F)(F)F. The second-order valence-corrected chi connectivity index (χ2v) is 8.10. The number of benzene rings is 2. The molecule has 0 aliphatic heterocycles. The van der Waals surface area contributed by atoms with Gasteiger partial charge in [0.2, 0.25) is 0 Å². The summed E-state index contributed by atoms with van der Waals surface area (Å²) in [4.78, 5) is 24.1. The predicted molar refractivity (Wildman–Crippen MR) is 116 cm³/mol. The molecule has 0 aliphatic rings. The number of hydrogen-bond acceptors (Lipinski definition) is 3. The van der Waals surface area contributed by atoms with Crippen LogP contribution in [0.15, 0.2) is 42.5 Å². The zero-order valence-corrected chi connectivity index (χ0v) is 19.3. The Bertz CT molecular complexity index is 1330. The number of carbonyl (C=O) groups excluding carboxylic acids is 1. The van der Waals surface area contributed by atoms with Crippen LogP contribution in [-0.2, 0) is 25.3 Å². The van der Waals surface area contributed by atoms with E-state index in [1.807, 2.05) is 0 Å². The van der Waals surface area contributed by atoms with Gasteiger partial charge in [0.05, 0.1) is 28.4 Å². The van der Waals surface area contributed by atoms with Gasteiger partial charge in [-0.2, -0.15) is 31.4 Å². The number of halogens is 7. The van der Waals surface area contributed by atoms with Crippen molar-refractivity contribution in [2.45, 2.75) is 45.2 Å². The standard InChI is InChI=1S/C24H20F7N3O3/c1-3-34-20(24(29,30)31)19(18(33-34)10-13-5-4-6-15(9-13)23(26,27)28)21(35)32-12(2)16-8-7-14(22(36)37)11-17(16)25/h4-9,11-12H,3,10H2,1-2H3,(H,32,35)(H,36,37). The lowest BCUT2D eigenvalue weighted by Crippen LogP contribution is -2.30. The van der Waals surface area contributed by atoms with Gasteiger partial charge in [-0.25, -0.2) is 9.18 Å². The molecule has 6 nitrogen and oxygen atoms in total. The van der Waals surface area contributed by atoms with Gasteiger partial charge in [0.15, 0.2) is 5.69 Å². The number of nitrogens with zero attached hydrogens (tertiary/aromatic N) is 2. The number of hydrogen-bond donors (Lipinski definition) is 2. The van der Waals surface area contributed by atoms with E-state index < -0.39 is 65.0 Å². The van der Waals surface area contributed by atoms with Gasteiger partial charge < -0.3 is 10.4 Å². The Morgan fingerprint density at radius 1 is 1.05 bits per heavy atom. The molecular weight excluding hydrogens is 511 g/mol. The maximum absolute atomic E-state index is 14.4. The van der Waals surface area contributed by atoms with Crippen molar-refractivity contribution in [3.63, 3.8) is 0 Å². The van der Waals surface area contributed by atoms with E-state index in [2.05, 4.69) is 10.4 Å². The zero-order valence-electron chi connectivity index (χ0n) is 19.3. The van der Waals surface area contributed by atoms with Crippen LogP contribution in [0.25, 0.3) is 0 Å². The monoisotopic (exact) mass is 531 g/mol. The lowest BCUT2D eigenvalue weighted by Gasteiger charge is -2.17. The van der Waals surface area contributed by atoms with Crippen molar-refractivity contribution in [2.24, 2.45) is 0 Å². The number of carboxylic acid groups (broad SMARTS) is 1. The van der Waals surface area contributed by atoms with Gasteiger partial charge >= 0.3 is 18.3 Å². The molecule has 0 saturated carbocycles. The van der Waals surface area contributed by atoms with Crippen LogP contribution in [0.3, 0.4) is 0 Å². The van der Waals surface area contributed by atoms with E-state index >= 15 is 0 Å². The molecule has 1 unspecified atom stereocenters. The molecule has 3 aromatic rings. The Kier molecular flexibility index (Phi) is 7.65. The number of carbonyl (C=O) groups is 2. The van der Waals surface area contributed by atoms with Crippen LogP contribution < -0.4 is 5.32 Å². The maximum Gasteiger partial charge on any atom is 0.433 e. The molecule has 0 fully saturated rings. The molecule has 13 heteroatoms. The van der Waals surface area contributed by atoms with Crippen molar-refractivity contribution in [2.75, 3.05) is 0 Å². The van der Waals surface area contributed by atoms with Crippen molar-refractivity contribution in [1.82, 2.24) is 15.1 Å². The lowest BCUT2D eigenvalue weighted by atomic mass is 10.0. The summed E-state index contributed by atoms with van der Waals surface area (Å²) in [6.45, 7) is 2.33.